The van der Waals surface area contributed by atoms with E-state index in [-0.39, 0.29) is 6.04 Å². The van der Waals surface area contributed by atoms with Gasteiger partial charge < -0.3 is 11.1 Å². The van der Waals surface area contributed by atoms with Gasteiger partial charge in [-0.15, -0.1) is 11.3 Å². The van der Waals surface area contributed by atoms with E-state index in [4.69, 9.17) is 5.73 Å². The number of hydrogen-bond acceptors (Lipinski definition) is 5. The second-order valence-electron chi connectivity index (χ2n) is 4.82. The van der Waals surface area contributed by atoms with Crippen molar-refractivity contribution in [2.45, 2.75) is 33.2 Å². The van der Waals surface area contributed by atoms with Crippen molar-refractivity contribution in [3.8, 4) is 0 Å². The van der Waals surface area contributed by atoms with E-state index in [1.807, 2.05) is 0 Å². The van der Waals surface area contributed by atoms with Gasteiger partial charge in [-0.1, -0.05) is 26.8 Å². The van der Waals surface area contributed by atoms with Gasteiger partial charge in [0.25, 0.3) is 0 Å². The first-order valence-corrected chi connectivity index (χ1v) is 7.40. The first-order chi connectivity index (χ1) is 9.13. The molecule has 0 aliphatic rings. The molecular weight excluding hydrogens is 256 g/mol. The maximum Gasteiger partial charge on any atom is 0.135 e. The van der Waals surface area contributed by atoms with E-state index >= 15 is 0 Å². The molecule has 0 spiro atoms. The number of aromatic nitrogens is 2. The Morgan fingerprint density at radius 1 is 1.37 bits per heavy atom. The molecule has 0 fully saturated rings. The van der Waals surface area contributed by atoms with Gasteiger partial charge in [0.05, 0.1) is 6.04 Å². The Bertz CT molecular complexity index is 522. The molecule has 2 heterocycles. The van der Waals surface area contributed by atoms with E-state index in [0.29, 0.717) is 11.7 Å². The molecule has 4 nitrogen and oxygen atoms in total. The van der Waals surface area contributed by atoms with E-state index in [9.17, 15) is 0 Å². The van der Waals surface area contributed by atoms with Crippen molar-refractivity contribution in [1.29, 1.82) is 0 Å². The third-order valence-electron chi connectivity index (χ3n) is 3.14. The zero-order chi connectivity index (χ0) is 13.8. The molecule has 0 aliphatic carbocycles. The van der Waals surface area contributed by atoms with Crippen molar-refractivity contribution in [3.63, 3.8) is 0 Å². The summed E-state index contributed by atoms with van der Waals surface area (Å²) in [5, 5.41) is 5.62. The van der Waals surface area contributed by atoms with Crippen molar-refractivity contribution in [3.05, 3.63) is 34.3 Å². The summed E-state index contributed by atoms with van der Waals surface area (Å²) >= 11 is 1.76. The summed E-state index contributed by atoms with van der Waals surface area (Å²) in [4.78, 5) is 9.71. The van der Waals surface area contributed by atoms with Gasteiger partial charge in [-0.3, -0.25) is 0 Å². The van der Waals surface area contributed by atoms with Crippen LogP contribution in [0.25, 0.3) is 0 Å². The topological polar surface area (TPSA) is 63.8 Å². The van der Waals surface area contributed by atoms with Crippen LogP contribution >= 0.6 is 11.3 Å². The Balaban J connectivity index is 2.30. The maximum absolute atomic E-state index is 5.91. The molecule has 2 aromatic heterocycles. The quantitative estimate of drug-likeness (QED) is 0.877. The average molecular weight is 276 g/mol. The third kappa shape index (κ3) is 3.04. The van der Waals surface area contributed by atoms with Crippen molar-refractivity contribution in [1.82, 2.24) is 9.97 Å². The van der Waals surface area contributed by atoms with Crippen LogP contribution in [-0.4, -0.2) is 9.97 Å². The van der Waals surface area contributed by atoms with E-state index in [2.05, 4.69) is 53.6 Å². The Kier molecular flexibility index (Phi) is 4.37. The first-order valence-electron chi connectivity index (χ1n) is 6.52. The number of rotatable bonds is 5. The van der Waals surface area contributed by atoms with Gasteiger partial charge in [-0.25, -0.2) is 9.97 Å². The number of anilines is 2. The molecular formula is C14H20N4S. The predicted molar refractivity (Wildman–Crippen MR) is 81.3 cm³/mol. The summed E-state index contributed by atoms with van der Waals surface area (Å²) < 4.78 is 0. The molecule has 5 heteroatoms. The minimum Gasteiger partial charge on any atom is -0.383 e. The van der Waals surface area contributed by atoms with Gasteiger partial charge in [-0.05, 0) is 23.8 Å². The van der Waals surface area contributed by atoms with Crippen LogP contribution in [0.1, 0.15) is 37.3 Å². The van der Waals surface area contributed by atoms with Gasteiger partial charge in [-0.2, -0.15) is 0 Å². The maximum atomic E-state index is 5.91. The standard InChI is InChI=1S/C14H20N4S/c1-4-10-13(15)16-8-17-14(10)18-12(9(2)3)11-6-5-7-19-11/h5-9,12H,4H2,1-3H3,(H3,15,16,17,18). The fourth-order valence-corrected chi connectivity index (χ4v) is 3.03. The predicted octanol–water partition coefficient (Wildman–Crippen LogP) is 3.49. The molecule has 2 rings (SSSR count). The van der Waals surface area contributed by atoms with Crippen LogP contribution in [0.3, 0.4) is 0 Å². The molecule has 0 bridgehead atoms. The second-order valence-corrected chi connectivity index (χ2v) is 5.80. The van der Waals surface area contributed by atoms with Gasteiger partial charge in [0.15, 0.2) is 0 Å². The largest absolute Gasteiger partial charge is 0.383 e. The monoisotopic (exact) mass is 276 g/mol. The molecule has 0 aliphatic heterocycles. The number of thiophene rings is 1. The second kappa shape index (κ2) is 6.02. The Morgan fingerprint density at radius 3 is 2.74 bits per heavy atom. The molecule has 0 saturated heterocycles. The minimum absolute atomic E-state index is 0.250. The summed E-state index contributed by atoms with van der Waals surface area (Å²) in [6.45, 7) is 6.47. The molecule has 0 saturated carbocycles. The van der Waals surface area contributed by atoms with Gasteiger partial charge in [0, 0.05) is 10.4 Å². The number of nitrogens with zero attached hydrogens (tertiary/aromatic N) is 2. The van der Waals surface area contributed by atoms with Gasteiger partial charge in [0.2, 0.25) is 0 Å². The van der Waals surface area contributed by atoms with E-state index in [0.717, 1.165) is 17.8 Å². The van der Waals surface area contributed by atoms with Crippen molar-refractivity contribution in [2.24, 2.45) is 5.92 Å². The van der Waals surface area contributed by atoms with Gasteiger partial charge in [0.1, 0.15) is 18.0 Å². The Hall–Kier alpha value is -1.62. The Labute approximate surface area is 118 Å². The molecule has 19 heavy (non-hydrogen) atoms. The summed E-state index contributed by atoms with van der Waals surface area (Å²) in [5.74, 6) is 1.88. The number of nitrogens with two attached hydrogens (primary N) is 1. The number of hydrogen-bond donors (Lipinski definition) is 2. The smallest absolute Gasteiger partial charge is 0.135 e. The van der Waals surface area contributed by atoms with Gasteiger partial charge >= 0.3 is 0 Å². The highest BCUT2D eigenvalue weighted by atomic mass is 32.1. The first kappa shape index (κ1) is 13.8. The van der Waals surface area contributed by atoms with Crippen molar-refractivity contribution in [2.75, 3.05) is 11.1 Å². The van der Waals surface area contributed by atoms with E-state index in [1.165, 1.54) is 11.2 Å². The molecule has 102 valence electrons. The van der Waals surface area contributed by atoms with Crippen LogP contribution < -0.4 is 11.1 Å². The van der Waals surface area contributed by atoms with Crippen molar-refractivity contribution < 1.29 is 0 Å². The molecule has 2 aromatic rings. The van der Waals surface area contributed by atoms with Crippen LogP contribution in [0, 0.1) is 5.92 Å². The van der Waals surface area contributed by atoms with Crippen LogP contribution in [0.2, 0.25) is 0 Å². The lowest BCUT2D eigenvalue weighted by molar-refractivity contribution is 0.551. The van der Waals surface area contributed by atoms with Crippen LogP contribution in [0.4, 0.5) is 11.6 Å². The molecule has 0 amide bonds. The minimum atomic E-state index is 0.250. The summed E-state index contributed by atoms with van der Waals surface area (Å²) in [6, 6.07) is 4.48. The van der Waals surface area contributed by atoms with Crippen LogP contribution in [0.5, 0.6) is 0 Å². The normalized spacial score (nSPS) is 12.6. The number of nitrogens with one attached hydrogen (secondary N) is 1. The van der Waals surface area contributed by atoms with E-state index in [1.54, 1.807) is 11.3 Å². The van der Waals surface area contributed by atoms with E-state index < -0.39 is 0 Å². The highest BCUT2D eigenvalue weighted by Gasteiger charge is 2.19. The molecule has 3 N–H and O–H groups in total. The Morgan fingerprint density at radius 2 is 2.16 bits per heavy atom. The lowest BCUT2D eigenvalue weighted by atomic mass is 10.0. The zero-order valence-corrected chi connectivity index (χ0v) is 12.4. The highest BCUT2D eigenvalue weighted by Crippen LogP contribution is 2.31. The molecule has 1 unspecified atom stereocenters. The van der Waals surface area contributed by atoms with Crippen LogP contribution in [0.15, 0.2) is 23.8 Å². The SMILES string of the molecule is CCc1c(N)ncnc1NC(c1cccs1)C(C)C. The summed E-state index contributed by atoms with van der Waals surface area (Å²) in [6.07, 6.45) is 2.34. The molecule has 0 aromatic carbocycles. The average Bonchev–Trinajstić information content (AvgIpc) is 2.89. The van der Waals surface area contributed by atoms with Crippen LogP contribution in [-0.2, 0) is 6.42 Å². The molecule has 1 atom stereocenters. The summed E-state index contributed by atoms with van der Waals surface area (Å²) in [7, 11) is 0. The fraction of sp³-hybridized carbons (Fsp3) is 0.429. The lowest BCUT2D eigenvalue weighted by Crippen LogP contribution is -2.18. The molecule has 0 radical (unpaired) electrons. The lowest BCUT2D eigenvalue weighted by Gasteiger charge is -2.23. The third-order valence-corrected chi connectivity index (χ3v) is 4.10. The van der Waals surface area contributed by atoms with Crippen molar-refractivity contribution >= 4 is 23.0 Å². The number of nitrogen functional groups attached to an aromatic ring is 1. The summed E-state index contributed by atoms with van der Waals surface area (Å²) in [5.41, 5.74) is 6.90. The zero-order valence-electron chi connectivity index (χ0n) is 11.6. The fourth-order valence-electron chi connectivity index (χ4n) is 2.08. The highest BCUT2D eigenvalue weighted by molar-refractivity contribution is 7.10.